The summed E-state index contributed by atoms with van der Waals surface area (Å²) < 4.78 is 5.13. The van der Waals surface area contributed by atoms with Crippen molar-refractivity contribution < 1.29 is 4.42 Å². The maximum Gasteiger partial charge on any atom is 0.191 e. The number of hydrogen-bond acceptors (Lipinski definition) is 5. The Hall–Kier alpha value is -1.49. The average Bonchev–Trinajstić information content (AvgIpc) is 2.39. The number of oxazole rings is 1. The van der Waals surface area contributed by atoms with Crippen LogP contribution in [-0.2, 0) is 0 Å². The number of aryl methyl sites for hydroxylation is 1. The maximum absolute atomic E-state index is 5.23. The molecule has 5 N–H and O–H groups in total. The first-order valence-corrected chi connectivity index (χ1v) is 3.09. The summed E-state index contributed by atoms with van der Waals surface area (Å²) in [6, 6.07) is 0. The molecular weight excluding hydrogens is 144 g/mol. The molecule has 1 heterocycles. The SMILES string of the molecule is Cc1ncc(/C(=C/N)NN)o1. The molecule has 1 aromatic rings. The van der Waals surface area contributed by atoms with E-state index in [1.54, 1.807) is 13.1 Å². The van der Waals surface area contributed by atoms with E-state index in [2.05, 4.69) is 10.4 Å². The second-order valence-electron chi connectivity index (χ2n) is 1.97. The zero-order valence-corrected chi connectivity index (χ0v) is 6.16. The van der Waals surface area contributed by atoms with Crippen molar-refractivity contribution in [2.75, 3.05) is 0 Å². The summed E-state index contributed by atoms with van der Waals surface area (Å²) in [5, 5.41) is 0. The highest BCUT2D eigenvalue weighted by Crippen LogP contribution is 2.09. The molecular formula is C6H10N4O. The number of hydrogen-bond donors (Lipinski definition) is 3. The minimum Gasteiger partial charge on any atom is -0.439 e. The van der Waals surface area contributed by atoms with Gasteiger partial charge in [0.2, 0.25) is 0 Å². The average molecular weight is 154 g/mol. The van der Waals surface area contributed by atoms with Gasteiger partial charge in [0.1, 0.15) is 5.70 Å². The highest BCUT2D eigenvalue weighted by molar-refractivity contribution is 5.57. The summed E-state index contributed by atoms with van der Waals surface area (Å²) in [6.07, 6.45) is 2.87. The first-order chi connectivity index (χ1) is 5.27. The Bertz CT molecular complexity index is 265. The van der Waals surface area contributed by atoms with E-state index in [0.717, 1.165) is 0 Å². The van der Waals surface area contributed by atoms with Gasteiger partial charge in [0.05, 0.1) is 6.20 Å². The molecule has 0 radical (unpaired) electrons. The molecule has 0 bridgehead atoms. The van der Waals surface area contributed by atoms with Crippen LogP contribution < -0.4 is 17.0 Å². The molecule has 0 spiro atoms. The quantitative estimate of drug-likeness (QED) is 0.402. The van der Waals surface area contributed by atoms with Crippen LogP contribution in [0.3, 0.4) is 0 Å². The Balaban J connectivity index is 2.91. The standard InChI is InChI=1S/C6H10N4O/c1-4-9-3-6(11-4)5(2-7)10-8/h2-3,10H,7-8H2,1H3/b5-2-. The molecule has 0 fully saturated rings. The molecule has 60 valence electrons. The smallest absolute Gasteiger partial charge is 0.191 e. The van der Waals surface area contributed by atoms with Crippen LogP contribution in [0, 0.1) is 6.92 Å². The fourth-order valence-corrected chi connectivity index (χ4v) is 0.687. The van der Waals surface area contributed by atoms with Crippen molar-refractivity contribution in [2.24, 2.45) is 11.6 Å². The molecule has 5 heteroatoms. The van der Waals surface area contributed by atoms with Crippen molar-refractivity contribution >= 4 is 5.70 Å². The number of nitrogens with two attached hydrogens (primary N) is 2. The van der Waals surface area contributed by atoms with Gasteiger partial charge in [-0.1, -0.05) is 0 Å². The minimum absolute atomic E-state index is 0.519. The fourth-order valence-electron chi connectivity index (χ4n) is 0.687. The van der Waals surface area contributed by atoms with Crippen LogP contribution in [0.15, 0.2) is 16.8 Å². The number of hydrazine groups is 1. The molecule has 1 rings (SSSR count). The third kappa shape index (κ3) is 1.50. The van der Waals surface area contributed by atoms with Gasteiger partial charge in [-0.2, -0.15) is 0 Å². The Morgan fingerprint density at radius 2 is 2.55 bits per heavy atom. The summed E-state index contributed by atoms with van der Waals surface area (Å²) in [5.74, 6) is 6.25. The van der Waals surface area contributed by atoms with Gasteiger partial charge in [-0.15, -0.1) is 0 Å². The maximum atomic E-state index is 5.23. The monoisotopic (exact) mass is 154 g/mol. The summed E-state index contributed by atoms with van der Waals surface area (Å²) in [5.41, 5.74) is 8.14. The number of nitrogens with zero attached hydrogens (tertiary/aromatic N) is 1. The second-order valence-corrected chi connectivity index (χ2v) is 1.97. The molecule has 5 nitrogen and oxygen atoms in total. The number of nitrogens with one attached hydrogen (secondary N) is 1. The summed E-state index contributed by atoms with van der Waals surface area (Å²) in [4.78, 5) is 3.87. The molecule has 0 atom stereocenters. The zero-order valence-electron chi connectivity index (χ0n) is 6.16. The van der Waals surface area contributed by atoms with E-state index in [4.69, 9.17) is 16.0 Å². The van der Waals surface area contributed by atoms with Crippen LogP contribution in [0.25, 0.3) is 5.70 Å². The van der Waals surface area contributed by atoms with Crippen molar-refractivity contribution in [3.05, 3.63) is 24.0 Å². The lowest BCUT2D eigenvalue weighted by atomic mass is 10.4. The normalized spacial score (nSPS) is 11.6. The van der Waals surface area contributed by atoms with Gasteiger partial charge in [0.25, 0.3) is 0 Å². The fraction of sp³-hybridized carbons (Fsp3) is 0.167. The summed E-state index contributed by atoms with van der Waals surface area (Å²) in [7, 11) is 0. The lowest BCUT2D eigenvalue weighted by Crippen LogP contribution is -2.20. The minimum atomic E-state index is 0.519. The molecule has 11 heavy (non-hydrogen) atoms. The van der Waals surface area contributed by atoms with Gasteiger partial charge >= 0.3 is 0 Å². The van der Waals surface area contributed by atoms with Crippen LogP contribution in [0.1, 0.15) is 11.7 Å². The molecule has 0 aliphatic heterocycles. The summed E-state index contributed by atoms with van der Waals surface area (Å²) in [6.45, 7) is 1.74. The van der Waals surface area contributed by atoms with Gasteiger partial charge in [0.15, 0.2) is 11.7 Å². The van der Waals surface area contributed by atoms with Gasteiger partial charge in [-0.05, 0) is 0 Å². The van der Waals surface area contributed by atoms with E-state index in [-0.39, 0.29) is 0 Å². The van der Waals surface area contributed by atoms with Crippen molar-refractivity contribution in [3.63, 3.8) is 0 Å². The van der Waals surface area contributed by atoms with E-state index in [1.165, 1.54) is 6.20 Å². The molecule has 0 saturated carbocycles. The largest absolute Gasteiger partial charge is 0.439 e. The second kappa shape index (κ2) is 3.07. The van der Waals surface area contributed by atoms with E-state index < -0.39 is 0 Å². The Morgan fingerprint density at radius 3 is 2.91 bits per heavy atom. The molecule has 0 aromatic carbocycles. The summed E-state index contributed by atoms with van der Waals surface area (Å²) >= 11 is 0. The van der Waals surface area contributed by atoms with Gasteiger partial charge in [-0.3, -0.25) is 5.84 Å². The topological polar surface area (TPSA) is 90.1 Å². The van der Waals surface area contributed by atoms with Crippen LogP contribution in [0.2, 0.25) is 0 Å². The highest BCUT2D eigenvalue weighted by atomic mass is 16.4. The van der Waals surface area contributed by atoms with Gasteiger partial charge in [-0.25, -0.2) is 4.98 Å². The van der Waals surface area contributed by atoms with Gasteiger partial charge in [0, 0.05) is 13.1 Å². The molecule has 0 aliphatic carbocycles. The lowest BCUT2D eigenvalue weighted by Gasteiger charge is -1.98. The van der Waals surface area contributed by atoms with E-state index in [9.17, 15) is 0 Å². The van der Waals surface area contributed by atoms with E-state index in [0.29, 0.717) is 17.3 Å². The Morgan fingerprint density at radius 1 is 1.82 bits per heavy atom. The third-order valence-corrected chi connectivity index (χ3v) is 1.21. The van der Waals surface area contributed by atoms with Crippen LogP contribution in [0.5, 0.6) is 0 Å². The number of aromatic nitrogens is 1. The van der Waals surface area contributed by atoms with Crippen LogP contribution >= 0.6 is 0 Å². The zero-order chi connectivity index (χ0) is 8.27. The van der Waals surface area contributed by atoms with Gasteiger partial charge < -0.3 is 15.6 Å². The predicted octanol–water partition coefficient (Wildman–Crippen LogP) is -0.297. The third-order valence-electron chi connectivity index (χ3n) is 1.21. The molecule has 0 aliphatic rings. The number of rotatable bonds is 2. The Kier molecular flexibility index (Phi) is 2.12. The molecule has 0 saturated heterocycles. The molecule has 1 aromatic heterocycles. The first-order valence-electron chi connectivity index (χ1n) is 3.09. The Labute approximate surface area is 64.1 Å². The molecule has 0 unspecified atom stereocenters. The first kappa shape index (κ1) is 7.62. The van der Waals surface area contributed by atoms with Crippen molar-refractivity contribution in [2.45, 2.75) is 6.92 Å². The lowest BCUT2D eigenvalue weighted by molar-refractivity contribution is 0.505. The highest BCUT2D eigenvalue weighted by Gasteiger charge is 2.03. The van der Waals surface area contributed by atoms with Crippen molar-refractivity contribution in [1.29, 1.82) is 0 Å². The van der Waals surface area contributed by atoms with E-state index >= 15 is 0 Å². The van der Waals surface area contributed by atoms with Crippen LogP contribution in [0.4, 0.5) is 0 Å². The predicted molar refractivity (Wildman–Crippen MR) is 40.7 cm³/mol. The van der Waals surface area contributed by atoms with E-state index in [1.807, 2.05) is 0 Å². The molecule has 0 amide bonds. The van der Waals surface area contributed by atoms with Crippen LogP contribution in [-0.4, -0.2) is 4.98 Å². The van der Waals surface area contributed by atoms with Crippen molar-refractivity contribution in [3.8, 4) is 0 Å². The van der Waals surface area contributed by atoms with Crippen molar-refractivity contribution in [1.82, 2.24) is 10.4 Å².